The van der Waals surface area contributed by atoms with Gasteiger partial charge in [-0.2, -0.15) is 0 Å². The van der Waals surface area contributed by atoms with E-state index in [1.165, 1.54) is 23.1 Å². The quantitative estimate of drug-likeness (QED) is 0.405. The molecule has 9 heteroatoms. The molecule has 0 bridgehead atoms. The number of thiophene rings is 1. The molecule has 1 N–H and O–H groups in total. The fourth-order valence-corrected chi connectivity index (χ4v) is 5.97. The number of amides is 1. The van der Waals surface area contributed by atoms with Gasteiger partial charge < -0.3 is 15.0 Å². The van der Waals surface area contributed by atoms with E-state index in [9.17, 15) is 9.59 Å². The van der Waals surface area contributed by atoms with Crippen LogP contribution in [0.1, 0.15) is 37.3 Å². The Bertz CT molecular complexity index is 1210. The second-order valence-electron chi connectivity index (χ2n) is 8.52. The van der Waals surface area contributed by atoms with Gasteiger partial charge >= 0.3 is 0 Å². The molecule has 1 saturated heterocycles. The Morgan fingerprint density at radius 3 is 2.45 bits per heavy atom. The molecular weight excluding hydrogens is 456 g/mol. The molecule has 0 saturated carbocycles. The summed E-state index contributed by atoms with van der Waals surface area (Å²) in [5.41, 5.74) is 2.83. The van der Waals surface area contributed by atoms with Crippen molar-refractivity contribution in [3.63, 3.8) is 0 Å². The minimum Gasteiger partial charge on any atom is -0.378 e. The van der Waals surface area contributed by atoms with Crippen molar-refractivity contribution >= 4 is 50.6 Å². The van der Waals surface area contributed by atoms with E-state index in [2.05, 4.69) is 10.2 Å². The first-order chi connectivity index (χ1) is 15.8. The molecule has 1 amide bonds. The van der Waals surface area contributed by atoms with Crippen LogP contribution >= 0.6 is 23.1 Å². The van der Waals surface area contributed by atoms with Crippen molar-refractivity contribution in [3.05, 3.63) is 45.1 Å². The Labute approximate surface area is 202 Å². The Kier molecular flexibility index (Phi) is 7.11. The monoisotopic (exact) mass is 486 g/mol. The molecule has 0 aliphatic carbocycles. The number of aromatic nitrogens is 2. The summed E-state index contributed by atoms with van der Waals surface area (Å²) in [5, 5.41) is 3.84. The standard InChI is InChI=1S/C24H30N4O3S2/c1-14(2)28-23(30)20-15(3)16(4)32-22(20)26-24(28)33-17(5)21(29)25-18-6-8-19(9-7-18)27-10-12-31-13-11-27/h6-9,14,17H,10-13H2,1-5H3,(H,25,29)/t17-/m1/s1. The Morgan fingerprint density at radius 1 is 1.15 bits per heavy atom. The minimum absolute atomic E-state index is 0.0364. The first kappa shape index (κ1) is 23.8. The maximum atomic E-state index is 13.2. The van der Waals surface area contributed by atoms with Crippen LogP contribution in [0.2, 0.25) is 0 Å². The molecule has 0 radical (unpaired) electrons. The molecular formula is C24H30N4O3S2. The largest absolute Gasteiger partial charge is 0.378 e. The number of thioether (sulfide) groups is 1. The molecule has 1 aromatic carbocycles. The van der Waals surface area contributed by atoms with Crippen molar-refractivity contribution in [1.82, 2.24) is 9.55 Å². The van der Waals surface area contributed by atoms with E-state index in [1.54, 1.807) is 4.57 Å². The molecule has 1 aliphatic rings. The van der Waals surface area contributed by atoms with E-state index in [0.29, 0.717) is 10.5 Å². The van der Waals surface area contributed by atoms with Gasteiger partial charge in [0.05, 0.1) is 23.8 Å². The third kappa shape index (κ3) is 4.95. The number of rotatable bonds is 6. The van der Waals surface area contributed by atoms with Gasteiger partial charge in [0.15, 0.2) is 5.16 Å². The van der Waals surface area contributed by atoms with Crippen molar-refractivity contribution < 1.29 is 9.53 Å². The minimum atomic E-state index is -0.416. The van der Waals surface area contributed by atoms with Gasteiger partial charge in [0.2, 0.25) is 5.91 Å². The molecule has 1 aliphatic heterocycles. The van der Waals surface area contributed by atoms with Crippen LogP contribution in [0.15, 0.2) is 34.2 Å². The number of hydrogen-bond acceptors (Lipinski definition) is 7. The summed E-state index contributed by atoms with van der Waals surface area (Å²) in [5.74, 6) is -0.123. The smallest absolute Gasteiger partial charge is 0.263 e. The van der Waals surface area contributed by atoms with Crippen LogP contribution in [0.5, 0.6) is 0 Å². The number of ether oxygens (including phenoxy) is 1. The normalized spacial score (nSPS) is 15.3. The molecule has 3 heterocycles. The average Bonchev–Trinajstić information content (AvgIpc) is 3.08. The third-order valence-electron chi connectivity index (χ3n) is 5.88. The number of hydrogen-bond donors (Lipinski definition) is 1. The van der Waals surface area contributed by atoms with E-state index in [-0.39, 0.29) is 17.5 Å². The van der Waals surface area contributed by atoms with Crippen molar-refractivity contribution in [2.75, 3.05) is 36.5 Å². The topological polar surface area (TPSA) is 76.5 Å². The lowest BCUT2D eigenvalue weighted by Gasteiger charge is -2.29. The maximum Gasteiger partial charge on any atom is 0.263 e. The predicted molar refractivity (Wildman–Crippen MR) is 137 cm³/mol. The highest BCUT2D eigenvalue weighted by atomic mass is 32.2. The maximum absolute atomic E-state index is 13.2. The van der Waals surface area contributed by atoms with Crippen LogP contribution in [-0.4, -0.2) is 47.0 Å². The van der Waals surface area contributed by atoms with Gasteiger partial charge in [0.25, 0.3) is 5.56 Å². The summed E-state index contributed by atoms with van der Waals surface area (Å²) in [6, 6.07) is 7.83. The van der Waals surface area contributed by atoms with Crippen molar-refractivity contribution in [2.24, 2.45) is 0 Å². The van der Waals surface area contributed by atoms with E-state index in [4.69, 9.17) is 9.72 Å². The number of carbonyl (C=O) groups excluding carboxylic acids is 1. The molecule has 3 aromatic rings. The number of nitrogens with zero attached hydrogens (tertiary/aromatic N) is 3. The van der Waals surface area contributed by atoms with Crippen LogP contribution in [0, 0.1) is 13.8 Å². The van der Waals surface area contributed by atoms with E-state index in [0.717, 1.165) is 52.9 Å². The average molecular weight is 487 g/mol. The molecule has 1 fully saturated rings. The lowest BCUT2D eigenvalue weighted by molar-refractivity contribution is -0.115. The zero-order chi connectivity index (χ0) is 23.7. The molecule has 2 aromatic heterocycles. The lowest BCUT2D eigenvalue weighted by Crippen LogP contribution is -2.36. The van der Waals surface area contributed by atoms with E-state index in [1.807, 2.05) is 58.9 Å². The number of morpholine rings is 1. The Balaban J connectivity index is 1.50. The summed E-state index contributed by atoms with van der Waals surface area (Å²) in [4.78, 5) is 35.0. The van der Waals surface area contributed by atoms with Crippen molar-refractivity contribution in [3.8, 4) is 0 Å². The zero-order valence-electron chi connectivity index (χ0n) is 19.7. The van der Waals surface area contributed by atoms with Gasteiger partial charge in [-0.3, -0.25) is 14.2 Å². The fraction of sp³-hybridized carbons (Fsp3) is 0.458. The summed E-state index contributed by atoms with van der Waals surface area (Å²) in [6.07, 6.45) is 0. The molecule has 1 atom stereocenters. The zero-order valence-corrected chi connectivity index (χ0v) is 21.3. The second kappa shape index (κ2) is 9.87. The van der Waals surface area contributed by atoms with E-state index < -0.39 is 5.25 Å². The lowest BCUT2D eigenvalue weighted by atomic mass is 10.2. The highest BCUT2D eigenvalue weighted by Gasteiger charge is 2.23. The SMILES string of the molecule is Cc1sc2nc(S[C@H](C)C(=O)Nc3ccc(N4CCOCC4)cc3)n(C(C)C)c(=O)c2c1C. The summed E-state index contributed by atoms with van der Waals surface area (Å²) < 4.78 is 7.11. The number of benzene rings is 1. The van der Waals surface area contributed by atoms with E-state index >= 15 is 0 Å². The number of nitrogens with one attached hydrogen (secondary N) is 1. The fourth-order valence-electron chi connectivity index (χ4n) is 3.86. The highest BCUT2D eigenvalue weighted by molar-refractivity contribution is 8.00. The number of carbonyl (C=O) groups is 1. The molecule has 0 unspecified atom stereocenters. The molecule has 4 rings (SSSR count). The first-order valence-electron chi connectivity index (χ1n) is 11.2. The molecule has 7 nitrogen and oxygen atoms in total. The highest BCUT2D eigenvalue weighted by Crippen LogP contribution is 2.31. The molecule has 33 heavy (non-hydrogen) atoms. The van der Waals surface area contributed by atoms with Crippen molar-refractivity contribution in [1.29, 1.82) is 0 Å². The number of fused-ring (bicyclic) bond motifs is 1. The van der Waals surface area contributed by atoms with Crippen LogP contribution in [-0.2, 0) is 9.53 Å². The first-order valence-corrected chi connectivity index (χ1v) is 12.9. The van der Waals surface area contributed by atoms with Gasteiger partial charge in [0.1, 0.15) is 4.83 Å². The number of aryl methyl sites for hydroxylation is 2. The van der Waals surface area contributed by atoms with Gasteiger partial charge in [-0.25, -0.2) is 4.98 Å². The third-order valence-corrected chi connectivity index (χ3v) is 8.05. The Morgan fingerprint density at radius 2 is 1.82 bits per heavy atom. The van der Waals surface area contributed by atoms with Crippen LogP contribution < -0.4 is 15.8 Å². The van der Waals surface area contributed by atoms with Crippen LogP contribution in [0.4, 0.5) is 11.4 Å². The van der Waals surface area contributed by atoms with Gasteiger partial charge in [0, 0.05) is 35.4 Å². The molecule has 0 spiro atoms. The van der Waals surface area contributed by atoms with Gasteiger partial charge in [-0.1, -0.05) is 11.8 Å². The second-order valence-corrected chi connectivity index (χ2v) is 11.0. The summed E-state index contributed by atoms with van der Waals surface area (Å²) in [7, 11) is 0. The van der Waals surface area contributed by atoms with Gasteiger partial charge in [-0.05, 0) is 64.4 Å². The van der Waals surface area contributed by atoms with Crippen LogP contribution in [0.3, 0.4) is 0 Å². The number of anilines is 2. The van der Waals surface area contributed by atoms with Crippen LogP contribution in [0.25, 0.3) is 10.2 Å². The predicted octanol–water partition coefficient (Wildman–Crippen LogP) is 4.61. The molecule has 176 valence electrons. The Hall–Kier alpha value is -2.36. The summed E-state index contributed by atoms with van der Waals surface area (Å²) >= 11 is 2.85. The summed E-state index contributed by atoms with van der Waals surface area (Å²) in [6.45, 7) is 13.0. The van der Waals surface area contributed by atoms with Gasteiger partial charge in [-0.15, -0.1) is 11.3 Å². The van der Waals surface area contributed by atoms with Crippen molar-refractivity contribution in [2.45, 2.75) is 51.1 Å².